The second-order valence-corrected chi connectivity index (χ2v) is 4.01. The average molecular weight is 255 g/mol. The average Bonchev–Trinajstić information content (AvgIpc) is 2.72. The summed E-state index contributed by atoms with van der Waals surface area (Å²) in [6.45, 7) is 1.01. The first-order valence-corrected chi connectivity index (χ1v) is 5.53. The zero-order chi connectivity index (χ0) is 12.3. The highest BCUT2D eigenvalue weighted by atomic mass is 35.5. The van der Waals surface area contributed by atoms with Gasteiger partial charge in [0.2, 0.25) is 0 Å². The molecule has 90 valence electrons. The van der Waals surface area contributed by atoms with Crippen molar-refractivity contribution in [3.8, 4) is 0 Å². The van der Waals surface area contributed by atoms with Crippen LogP contribution in [0.2, 0.25) is 5.02 Å². The Morgan fingerprint density at radius 3 is 3.06 bits per heavy atom. The fourth-order valence-electron chi connectivity index (χ4n) is 1.54. The molecule has 0 unspecified atom stereocenters. The van der Waals surface area contributed by atoms with Crippen molar-refractivity contribution in [2.45, 2.75) is 13.1 Å². The molecule has 0 spiro atoms. The molecule has 4 nitrogen and oxygen atoms in total. The van der Waals surface area contributed by atoms with Crippen LogP contribution >= 0.6 is 11.6 Å². The Bertz CT molecular complexity index is 512. The largest absolute Gasteiger partial charge is 0.313 e. The molecule has 0 aliphatic carbocycles. The minimum Gasteiger partial charge on any atom is -0.313 e. The van der Waals surface area contributed by atoms with Crippen molar-refractivity contribution in [1.29, 1.82) is 0 Å². The van der Waals surface area contributed by atoms with Crippen molar-refractivity contribution in [2.75, 3.05) is 7.05 Å². The molecule has 1 heterocycles. The molecule has 6 heteroatoms. The predicted octanol–water partition coefficient (Wildman–Crippen LogP) is 1.84. The lowest BCUT2D eigenvalue weighted by Crippen LogP contribution is -2.14. The number of halogens is 2. The van der Waals surface area contributed by atoms with E-state index in [0.29, 0.717) is 23.7 Å². The number of hydrogen-bond acceptors (Lipinski definition) is 3. The van der Waals surface area contributed by atoms with E-state index in [-0.39, 0.29) is 5.82 Å². The molecular formula is C11H12ClFN4. The van der Waals surface area contributed by atoms with Gasteiger partial charge in [-0.15, -0.1) is 0 Å². The van der Waals surface area contributed by atoms with Gasteiger partial charge in [0.25, 0.3) is 0 Å². The molecule has 1 aromatic carbocycles. The number of benzene rings is 1. The molecule has 0 atom stereocenters. The number of nitrogens with zero attached hydrogens (tertiary/aromatic N) is 3. The van der Waals surface area contributed by atoms with Gasteiger partial charge in [-0.1, -0.05) is 11.6 Å². The Balaban J connectivity index is 2.25. The molecular weight excluding hydrogens is 243 g/mol. The van der Waals surface area contributed by atoms with Crippen LogP contribution in [0.25, 0.3) is 0 Å². The number of rotatable bonds is 4. The molecule has 2 rings (SSSR count). The predicted molar refractivity (Wildman–Crippen MR) is 63.3 cm³/mol. The maximum Gasteiger partial charge on any atom is 0.141 e. The van der Waals surface area contributed by atoms with Crippen molar-refractivity contribution in [2.24, 2.45) is 0 Å². The summed E-state index contributed by atoms with van der Waals surface area (Å²) in [6, 6.07) is 4.29. The molecule has 0 radical (unpaired) electrons. The van der Waals surface area contributed by atoms with Gasteiger partial charge in [-0.2, -0.15) is 5.10 Å². The van der Waals surface area contributed by atoms with Crippen LogP contribution in [0.5, 0.6) is 0 Å². The molecule has 0 amide bonds. The van der Waals surface area contributed by atoms with Crippen LogP contribution in [-0.2, 0) is 13.1 Å². The van der Waals surface area contributed by atoms with E-state index < -0.39 is 0 Å². The molecule has 0 bridgehead atoms. The van der Waals surface area contributed by atoms with Crippen LogP contribution in [0.3, 0.4) is 0 Å². The Morgan fingerprint density at radius 1 is 1.47 bits per heavy atom. The zero-order valence-corrected chi connectivity index (χ0v) is 10.1. The second kappa shape index (κ2) is 5.25. The van der Waals surface area contributed by atoms with Gasteiger partial charge in [0.05, 0.1) is 13.1 Å². The van der Waals surface area contributed by atoms with Gasteiger partial charge in [-0.05, 0) is 30.8 Å². The Hall–Kier alpha value is -1.46. The lowest BCUT2D eigenvalue weighted by Gasteiger charge is -2.07. The molecule has 2 aromatic rings. The van der Waals surface area contributed by atoms with E-state index in [4.69, 9.17) is 11.6 Å². The van der Waals surface area contributed by atoms with Crippen LogP contribution in [0.4, 0.5) is 4.39 Å². The van der Waals surface area contributed by atoms with Crippen LogP contribution in [-0.4, -0.2) is 21.8 Å². The monoisotopic (exact) mass is 254 g/mol. The third-order valence-electron chi connectivity index (χ3n) is 2.36. The summed E-state index contributed by atoms with van der Waals surface area (Å²) in [7, 11) is 1.83. The lowest BCUT2D eigenvalue weighted by atomic mass is 10.2. The molecule has 1 aromatic heterocycles. The molecule has 0 fully saturated rings. The first-order chi connectivity index (χ1) is 8.20. The van der Waals surface area contributed by atoms with Gasteiger partial charge in [-0.25, -0.2) is 14.1 Å². The summed E-state index contributed by atoms with van der Waals surface area (Å²) < 4.78 is 14.8. The van der Waals surface area contributed by atoms with Crippen molar-refractivity contribution < 1.29 is 4.39 Å². The van der Waals surface area contributed by atoms with E-state index in [0.717, 1.165) is 5.82 Å². The SMILES string of the molecule is CNCc1ncnn1Cc1cc(F)ccc1Cl. The number of nitrogens with one attached hydrogen (secondary N) is 1. The highest BCUT2D eigenvalue weighted by Gasteiger charge is 2.07. The third kappa shape index (κ3) is 2.81. The van der Waals surface area contributed by atoms with Crippen LogP contribution in [0.15, 0.2) is 24.5 Å². The van der Waals surface area contributed by atoms with E-state index in [1.54, 1.807) is 10.7 Å². The minimum atomic E-state index is -0.306. The van der Waals surface area contributed by atoms with Crippen LogP contribution < -0.4 is 5.32 Å². The Kier molecular flexibility index (Phi) is 3.71. The van der Waals surface area contributed by atoms with Crippen LogP contribution in [0, 0.1) is 5.82 Å². The van der Waals surface area contributed by atoms with Crippen molar-refractivity contribution in [1.82, 2.24) is 20.1 Å². The summed E-state index contributed by atoms with van der Waals surface area (Å²) in [6.07, 6.45) is 1.47. The van der Waals surface area contributed by atoms with Gasteiger partial charge < -0.3 is 5.32 Å². The molecule has 0 aliphatic rings. The smallest absolute Gasteiger partial charge is 0.141 e. The lowest BCUT2D eigenvalue weighted by molar-refractivity contribution is 0.600. The molecule has 0 aliphatic heterocycles. The maximum atomic E-state index is 13.1. The van der Waals surface area contributed by atoms with Crippen molar-refractivity contribution >= 4 is 11.6 Å². The van der Waals surface area contributed by atoms with E-state index in [2.05, 4.69) is 15.4 Å². The van der Waals surface area contributed by atoms with E-state index in [1.807, 2.05) is 7.05 Å². The summed E-state index contributed by atoms with van der Waals surface area (Å²) in [5, 5.41) is 7.60. The van der Waals surface area contributed by atoms with Crippen LogP contribution in [0.1, 0.15) is 11.4 Å². The zero-order valence-electron chi connectivity index (χ0n) is 9.32. The standard InChI is InChI=1S/C11H12ClFN4/c1-14-5-11-15-7-16-17(11)6-8-4-9(13)2-3-10(8)12/h2-4,7,14H,5-6H2,1H3. The summed E-state index contributed by atoms with van der Waals surface area (Å²) in [5.41, 5.74) is 0.689. The number of hydrogen-bond donors (Lipinski definition) is 1. The minimum absolute atomic E-state index is 0.306. The third-order valence-corrected chi connectivity index (χ3v) is 2.73. The molecule has 0 saturated heterocycles. The van der Waals surface area contributed by atoms with Gasteiger partial charge >= 0.3 is 0 Å². The summed E-state index contributed by atoms with van der Waals surface area (Å²) >= 11 is 6.00. The summed E-state index contributed by atoms with van der Waals surface area (Å²) in [4.78, 5) is 4.11. The summed E-state index contributed by atoms with van der Waals surface area (Å²) in [5.74, 6) is 0.479. The molecule has 17 heavy (non-hydrogen) atoms. The Morgan fingerprint density at radius 2 is 2.29 bits per heavy atom. The van der Waals surface area contributed by atoms with Crippen molar-refractivity contribution in [3.05, 3.63) is 46.8 Å². The van der Waals surface area contributed by atoms with Gasteiger partial charge in [-0.3, -0.25) is 0 Å². The number of aromatic nitrogens is 3. The fraction of sp³-hybridized carbons (Fsp3) is 0.273. The normalized spacial score (nSPS) is 10.8. The van der Waals surface area contributed by atoms with Gasteiger partial charge in [0.15, 0.2) is 0 Å². The quantitative estimate of drug-likeness (QED) is 0.905. The molecule has 0 saturated carbocycles. The first-order valence-electron chi connectivity index (χ1n) is 5.16. The van der Waals surface area contributed by atoms with Gasteiger partial charge in [0.1, 0.15) is 18.0 Å². The van der Waals surface area contributed by atoms with E-state index >= 15 is 0 Å². The highest BCUT2D eigenvalue weighted by molar-refractivity contribution is 6.31. The second-order valence-electron chi connectivity index (χ2n) is 3.60. The maximum absolute atomic E-state index is 13.1. The van der Waals surface area contributed by atoms with Crippen molar-refractivity contribution in [3.63, 3.8) is 0 Å². The van der Waals surface area contributed by atoms with Gasteiger partial charge in [0, 0.05) is 5.02 Å². The van der Waals surface area contributed by atoms with E-state index in [9.17, 15) is 4.39 Å². The molecule has 1 N–H and O–H groups in total. The highest BCUT2D eigenvalue weighted by Crippen LogP contribution is 2.18. The Labute approximate surface area is 103 Å². The fourth-order valence-corrected chi connectivity index (χ4v) is 1.72. The first kappa shape index (κ1) is 12.0. The topological polar surface area (TPSA) is 42.7 Å². The van der Waals surface area contributed by atoms with E-state index in [1.165, 1.54) is 18.5 Å².